The first-order valence-corrected chi connectivity index (χ1v) is 19.6. The third kappa shape index (κ3) is 7.65. The summed E-state index contributed by atoms with van der Waals surface area (Å²) in [5.74, 6) is 6.15. The number of likely N-dealkylation sites (tertiary alicyclic amines) is 2. The van der Waals surface area contributed by atoms with Crippen molar-refractivity contribution in [2.75, 3.05) is 27.2 Å². The predicted molar refractivity (Wildman–Crippen MR) is 209 cm³/mol. The van der Waals surface area contributed by atoms with Crippen molar-refractivity contribution in [3.05, 3.63) is 70.2 Å². The monoisotopic (exact) mass is 780 g/mol. The van der Waals surface area contributed by atoms with Gasteiger partial charge in [0.15, 0.2) is 5.82 Å². The van der Waals surface area contributed by atoms with Gasteiger partial charge in [0.2, 0.25) is 11.8 Å². The molecule has 3 aliphatic rings. The average Bonchev–Trinajstić information content (AvgIpc) is 4.00. The lowest BCUT2D eigenvalue weighted by molar-refractivity contribution is -0.138. The van der Waals surface area contributed by atoms with E-state index in [9.17, 15) is 24.3 Å². The van der Waals surface area contributed by atoms with Crippen LogP contribution in [-0.4, -0.2) is 103 Å². The first kappa shape index (κ1) is 39.3. The van der Waals surface area contributed by atoms with Gasteiger partial charge in [0.1, 0.15) is 29.2 Å². The van der Waals surface area contributed by atoms with E-state index in [1.165, 1.54) is 20.2 Å². The number of hydrogen-bond donors (Lipinski definition) is 4. The zero-order valence-electron chi connectivity index (χ0n) is 33.1. The summed E-state index contributed by atoms with van der Waals surface area (Å²) in [6.45, 7) is 8.44. The topological polar surface area (TPSA) is 177 Å². The molecular weight excluding hydrogens is 732 g/mol. The number of likely N-dealkylation sites (N-methyl/N-ethyl adjacent to an activating group) is 1. The number of nitrogens with zero attached hydrogens (tertiary/aromatic N) is 5. The molecule has 2 aromatic heterocycles. The van der Waals surface area contributed by atoms with E-state index in [0.29, 0.717) is 42.8 Å². The quantitative estimate of drug-likeness (QED) is 0.159. The molecule has 14 nitrogen and oxygen atoms in total. The zero-order valence-corrected chi connectivity index (χ0v) is 33.1. The molecule has 0 radical (unpaired) electrons. The first-order valence-electron chi connectivity index (χ1n) is 19.6. The Hall–Kier alpha value is -5.91. The van der Waals surface area contributed by atoms with Gasteiger partial charge in [-0.05, 0) is 80.2 Å². The van der Waals surface area contributed by atoms with E-state index in [1.807, 2.05) is 50.8 Å². The molecular formula is C42H49FN8O6. The average molecular weight is 781 g/mol. The molecule has 4 N–H and O–H groups in total. The van der Waals surface area contributed by atoms with Gasteiger partial charge >= 0.3 is 12.2 Å². The van der Waals surface area contributed by atoms with Gasteiger partial charge in [-0.15, -0.1) is 0 Å². The van der Waals surface area contributed by atoms with Crippen molar-refractivity contribution >= 4 is 35.0 Å². The van der Waals surface area contributed by atoms with Crippen LogP contribution in [-0.2, 0) is 27.2 Å². The highest BCUT2D eigenvalue weighted by molar-refractivity contribution is 5.87. The van der Waals surface area contributed by atoms with Crippen LogP contribution < -0.4 is 5.32 Å². The number of carbonyl (C=O) groups excluding carboxylic acids is 3. The van der Waals surface area contributed by atoms with E-state index in [4.69, 9.17) is 9.72 Å². The number of nitrogens with one attached hydrogen (secondary N) is 3. The molecule has 300 valence electrons. The third-order valence-electron chi connectivity index (χ3n) is 11.4. The highest BCUT2D eigenvalue weighted by Crippen LogP contribution is 2.38. The number of benzene rings is 2. The summed E-state index contributed by atoms with van der Waals surface area (Å²) in [7, 11) is 2.68. The minimum atomic E-state index is -1.18. The number of amides is 4. The number of hydrogen-bond acceptors (Lipinski definition) is 7. The Bertz CT molecular complexity index is 2290. The molecule has 4 aromatic rings. The molecule has 2 aromatic carbocycles. The number of halogens is 1. The Morgan fingerprint density at radius 3 is 2.23 bits per heavy atom. The number of H-pyrrole nitrogens is 2. The summed E-state index contributed by atoms with van der Waals surface area (Å²) in [5, 5.41) is 12.3. The number of fused-ring (bicyclic) bond motifs is 4. The van der Waals surface area contributed by atoms with Crippen LogP contribution in [0.4, 0.5) is 14.0 Å². The molecule has 2 fully saturated rings. The SMILES string of the molecule is COC(=O)N[C@H](C(=O)N1CCCC1c1nc2c([nH]1)-c1ccc(C#Cc3cc(F)c4nc([C@@H]5CCCN5C(=O)[C@H](C(C)C)N(C)C(=O)O)[nH]c4c3)cc1CC2)C(C)C. The molecule has 1 aliphatic carbocycles. The van der Waals surface area contributed by atoms with Crippen LogP contribution in [0.2, 0.25) is 0 Å². The number of aryl methyl sites for hydroxylation is 2. The van der Waals surface area contributed by atoms with Crippen molar-refractivity contribution in [2.45, 2.75) is 90.4 Å². The molecule has 1 unspecified atom stereocenters. The minimum Gasteiger partial charge on any atom is -0.465 e. The van der Waals surface area contributed by atoms with Crippen LogP contribution in [0.1, 0.15) is 99.5 Å². The predicted octanol–water partition coefficient (Wildman–Crippen LogP) is 5.93. The van der Waals surface area contributed by atoms with Gasteiger partial charge in [0, 0.05) is 36.8 Å². The van der Waals surface area contributed by atoms with Crippen molar-refractivity contribution in [3.63, 3.8) is 0 Å². The fourth-order valence-electron chi connectivity index (χ4n) is 8.53. The Morgan fingerprint density at radius 2 is 1.58 bits per heavy atom. The highest BCUT2D eigenvalue weighted by Gasteiger charge is 2.40. The molecule has 0 bridgehead atoms. The van der Waals surface area contributed by atoms with Crippen molar-refractivity contribution in [1.29, 1.82) is 0 Å². The van der Waals surface area contributed by atoms with Crippen LogP contribution in [0.25, 0.3) is 22.3 Å². The Kier molecular flexibility index (Phi) is 11.0. The second kappa shape index (κ2) is 15.9. The summed E-state index contributed by atoms with van der Waals surface area (Å²) in [5.41, 5.74) is 5.87. The Labute approximate surface area is 330 Å². The molecule has 2 saturated heterocycles. The number of rotatable bonds is 8. The normalized spacial score (nSPS) is 18.5. The maximum absolute atomic E-state index is 15.5. The third-order valence-corrected chi connectivity index (χ3v) is 11.4. The maximum Gasteiger partial charge on any atom is 0.407 e. The molecule has 0 spiro atoms. The molecule has 4 amide bonds. The largest absolute Gasteiger partial charge is 0.465 e. The van der Waals surface area contributed by atoms with E-state index in [2.05, 4.69) is 32.1 Å². The molecule has 0 saturated carbocycles. The lowest BCUT2D eigenvalue weighted by atomic mass is 9.91. The number of aromatic amines is 2. The minimum absolute atomic E-state index is 0.127. The van der Waals surface area contributed by atoms with Crippen LogP contribution in [0.15, 0.2) is 30.3 Å². The Morgan fingerprint density at radius 1 is 0.912 bits per heavy atom. The number of aromatic nitrogens is 4. The second-order valence-electron chi connectivity index (χ2n) is 15.9. The van der Waals surface area contributed by atoms with Crippen LogP contribution in [0.5, 0.6) is 0 Å². The standard InChI is InChI=1S/C42H49FN8O6/c1-22(2)33(48-41(54)57-6)39(52)50-17-7-9-31(50)37-44-29-16-14-26-19-24(13-15-27(26)34(29)46-37)11-12-25-20-28(43)35-30(21-25)45-38(47-35)32-10-8-18-51(32)40(53)36(23(3)4)49(5)42(55)56/h13,15,19-23,31-33,36H,7-10,14,16-18H2,1-6H3,(H,44,46)(H,45,47)(H,48,54)(H,55,56)/t31?,32-,33-,36-/m0/s1. The Balaban J connectivity index is 1.09. The molecule has 7 rings (SSSR count). The second-order valence-corrected chi connectivity index (χ2v) is 15.9. The zero-order chi connectivity index (χ0) is 40.7. The molecule has 57 heavy (non-hydrogen) atoms. The molecule has 4 atom stereocenters. The fourth-order valence-corrected chi connectivity index (χ4v) is 8.53. The summed E-state index contributed by atoms with van der Waals surface area (Å²) in [6, 6.07) is 6.87. The van der Waals surface area contributed by atoms with Crippen molar-refractivity contribution in [2.24, 2.45) is 11.8 Å². The molecule has 2 aliphatic heterocycles. The number of imidazole rings is 2. The number of alkyl carbamates (subject to hydrolysis) is 1. The lowest BCUT2D eigenvalue weighted by Gasteiger charge is -2.33. The summed E-state index contributed by atoms with van der Waals surface area (Å²) < 4.78 is 20.3. The van der Waals surface area contributed by atoms with E-state index in [1.54, 1.807) is 11.0 Å². The first-order chi connectivity index (χ1) is 27.2. The van der Waals surface area contributed by atoms with E-state index >= 15 is 4.39 Å². The van der Waals surface area contributed by atoms with Gasteiger partial charge < -0.3 is 34.9 Å². The smallest absolute Gasteiger partial charge is 0.407 e. The number of methoxy groups -OCH3 is 1. The van der Waals surface area contributed by atoms with Crippen LogP contribution >= 0.6 is 0 Å². The number of ether oxygens (including phenoxy) is 1. The molecule has 15 heteroatoms. The number of carbonyl (C=O) groups is 4. The maximum atomic E-state index is 15.5. The van der Waals surface area contributed by atoms with Crippen molar-refractivity contribution < 1.29 is 33.4 Å². The summed E-state index contributed by atoms with van der Waals surface area (Å²) in [4.78, 5) is 71.8. The lowest BCUT2D eigenvalue weighted by Crippen LogP contribution is -2.51. The van der Waals surface area contributed by atoms with E-state index in [0.717, 1.165) is 64.5 Å². The number of carboxylic acid groups (broad SMARTS) is 1. The molecule has 4 heterocycles. The van der Waals surface area contributed by atoms with Crippen molar-refractivity contribution in [1.82, 2.24) is 40.0 Å². The van der Waals surface area contributed by atoms with E-state index < -0.39 is 36.1 Å². The summed E-state index contributed by atoms with van der Waals surface area (Å²) >= 11 is 0. The van der Waals surface area contributed by atoms with Gasteiger partial charge in [-0.3, -0.25) is 14.5 Å². The fraction of sp³-hybridized carbons (Fsp3) is 0.476. The van der Waals surface area contributed by atoms with Crippen LogP contribution in [0, 0.1) is 29.5 Å². The van der Waals surface area contributed by atoms with Crippen LogP contribution in [0.3, 0.4) is 0 Å². The highest BCUT2D eigenvalue weighted by atomic mass is 19.1. The van der Waals surface area contributed by atoms with Gasteiger partial charge in [0.05, 0.1) is 36.1 Å². The van der Waals surface area contributed by atoms with E-state index in [-0.39, 0.29) is 35.2 Å². The van der Waals surface area contributed by atoms with Gasteiger partial charge in [-0.1, -0.05) is 45.6 Å². The van der Waals surface area contributed by atoms with Gasteiger partial charge in [-0.25, -0.2) is 23.9 Å². The summed E-state index contributed by atoms with van der Waals surface area (Å²) in [6.07, 6.45) is 2.59. The van der Waals surface area contributed by atoms with Crippen molar-refractivity contribution in [3.8, 4) is 23.1 Å². The van der Waals surface area contributed by atoms with Gasteiger partial charge in [0.25, 0.3) is 0 Å². The van der Waals surface area contributed by atoms with Gasteiger partial charge in [-0.2, -0.15) is 0 Å².